The van der Waals surface area contributed by atoms with Crippen LogP contribution in [-0.2, 0) is 9.53 Å². The van der Waals surface area contributed by atoms with Gasteiger partial charge in [-0.15, -0.1) is 0 Å². The Morgan fingerprint density at radius 1 is 1.32 bits per heavy atom. The van der Waals surface area contributed by atoms with E-state index in [4.69, 9.17) is 4.74 Å². The summed E-state index contributed by atoms with van der Waals surface area (Å²) < 4.78 is 7.50. The molecule has 2 aromatic rings. The number of hydrogen-bond acceptors (Lipinski definition) is 4. The summed E-state index contributed by atoms with van der Waals surface area (Å²) in [5, 5.41) is 3.02. The Balaban J connectivity index is 0.00000182. The van der Waals surface area contributed by atoms with Gasteiger partial charge in [0, 0.05) is 31.4 Å². The van der Waals surface area contributed by atoms with E-state index >= 15 is 0 Å². The Morgan fingerprint density at radius 3 is 2.84 bits per heavy atom. The molecule has 6 nitrogen and oxygen atoms in total. The molecule has 1 amide bonds. The largest absolute Gasteiger partial charge is 0.381 e. The van der Waals surface area contributed by atoms with Crippen molar-refractivity contribution in [3.05, 3.63) is 17.8 Å². The van der Waals surface area contributed by atoms with Gasteiger partial charge >= 0.3 is 0 Å². The second-order valence-electron chi connectivity index (χ2n) is 7.00. The van der Waals surface area contributed by atoms with E-state index in [1.165, 1.54) is 6.42 Å². The van der Waals surface area contributed by atoms with Crippen LogP contribution >= 0.6 is 0 Å². The second-order valence-corrected chi connectivity index (χ2v) is 7.00. The maximum atomic E-state index is 12.4. The Kier molecular flexibility index (Phi) is 5.37. The topological polar surface area (TPSA) is 69.0 Å². The van der Waals surface area contributed by atoms with E-state index in [0.717, 1.165) is 55.8 Å². The standard InChI is InChI=1S/C18H24N4O2.CH4/c1-12-5-7-15-17(19-12)22(14-3-2-4-14)18(20-15)21-16(23)8-6-13-9-10-24-11-13;/h5,7,13-14H,2-4,6,8-11H2,1H3,(H,20,21,23);1H4. The fourth-order valence-corrected chi connectivity index (χ4v) is 3.48. The number of hydrogen-bond donors (Lipinski definition) is 1. The molecule has 2 fully saturated rings. The molecule has 2 aromatic heterocycles. The average Bonchev–Trinajstić information content (AvgIpc) is 3.13. The zero-order valence-electron chi connectivity index (χ0n) is 14.1. The zero-order chi connectivity index (χ0) is 16.5. The van der Waals surface area contributed by atoms with Crippen molar-refractivity contribution in [3.63, 3.8) is 0 Å². The zero-order valence-corrected chi connectivity index (χ0v) is 14.1. The summed E-state index contributed by atoms with van der Waals surface area (Å²) in [5.41, 5.74) is 2.72. The van der Waals surface area contributed by atoms with Crippen molar-refractivity contribution in [1.29, 1.82) is 0 Å². The number of ether oxygens (including phenoxy) is 1. The van der Waals surface area contributed by atoms with Gasteiger partial charge in [-0.3, -0.25) is 14.7 Å². The number of carbonyl (C=O) groups excluding carboxylic acids is 1. The minimum Gasteiger partial charge on any atom is -0.381 e. The summed E-state index contributed by atoms with van der Waals surface area (Å²) in [6.45, 7) is 3.60. The van der Waals surface area contributed by atoms with Crippen LogP contribution in [0.3, 0.4) is 0 Å². The van der Waals surface area contributed by atoms with E-state index in [2.05, 4.69) is 19.9 Å². The minimum atomic E-state index is 0. The molecule has 1 saturated heterocycles. The van der Waals surface area contributed by atoms with Crippen molar-refractivity contribution in [3.8, 4) is 0 Å². The molecule has 1 aliphatic heterocycles. The molecule has 3 heterocycles. The predicted octanol–water partition coefficient (Wildman–Crippen LogP) is 3.86. The molecular weight excluding hydrogens is 316 g/mol. The average molecular weight is 344 g/mol. The normalized spacial score (nSPS) is 20.3. The van der Waals surface area contributed by atoms with Gasteiger partial charge in [-0.25, -0.2) is 9.97 Å². The molecule has 0 spiro atoms. The number of aryl methyl sites for hydroxylation is 1. The van der Waals surface area contributed by atoms with Crippen LogP contribution in [0.1, 0.15) is 57.7 Å². The summed E-state index contributed by atoms with van der Waals surface area (Å²) in [7, 11) is 0. The van der Waals surface area contributed by atoms with Gasteiger partial charge in [0.2, 0.25) is 11.9 Å². The van der Waals surface area contributed by atoms with Crippen molar-refractivity contribution in [1.82, 2.24) is 14.5 Å². The Bertz CT molecular complexity index is 745. The highest BCUT2D eigenvalue weighted by Gasteiger charge is 2.26. The fraction of sp³-hybridized carbons (Fsp3) is 0.632. The predicted molar refractivity (Wildman–Crippen MR) is 98.7 cm³/mol. The van der Waals surface area contributed by atoms with Gasteiger partial charge < -0.3 is 4.74 Å². The summed E-state index contributed by atoms with van der Waals surface area (Å²) in [4.78, 5) is 21.6. The van der Waals surface area contributed by atoms with Crippen molar-refractivity contribution in [2.24, 2.45) is 5.92 Å². The van der Waals surface area contributed by atoms with Crippen molar-refractivity contribution < 1.29 is 9.53 Å². The van der Waals surface area contributed by atoms with Gasteiger partial charge in [0.1, 0.15) is 5.52 Å². The number of fused-ring (bicyclic) bond motifs is 1. The Morgan fingerprint density at radius 2 is 2.16 bits per heavy atom. The highest BCUT2D eigenvalue weighted by molar-refractivity contribution is 5.91. The number of rotatable bonds is 5. The van der Waals surface area contributed by atoms with Crippen molar-refractivity contribution >= 4 is 23.0 Å². The lowest BCUT2D eigenvalue weighted by atomic mass is 9.93. The first-order valence-electron chi connectivity index (χ1n) is 8.94. The first-order valence-corrected chi connectivity index (χ1v) is 8.94. The van der Waals surface area contributed by atoms with Crippen LogP contribution < -0.4 is 5.32 Å². The van der Waals surface area contributed by atoms with E-state index in [0.29, 0.717) is 24.3 Å². The van der Waals surface area contributed by atoms with E-state index < -0.39 is 0 Å². The highest BCUT2D eigenvalue weighted by Crippen LogP contribution is 2.36. The maximum Gasteiger partial charge on any atom is 0.226 e. The highest BCUT2D eigenvalue weighted by atomic mass is 16.5. The van der Waals surface area contributed by atoms with E-state index in [9.17, 15) is 4.79 Å². The molecule has 1 N–H and O–H groups in total. The molecule has 2 aliphatic rings. The van der Waals surface area contributed by atoms with Gasteiger partial charge in [0.05, 0.1) is 0 Å². The lowest BCUT2D eigenvalue weighted by Gasteiger charge is -2.28. The number of carbonyl (C=O) groups is 1. The molecule has 4 rings (SSSR count). The molecule has 1 aliphatic carbocycles. The third-order valence-corrected chi connectivity index (χ3v) is 5.17. The van der Waals surface area contributed by atoms with Gasteiger partial charge in [-0.2, -0.15) is 0 Å². The second kappa shape index (κ2) is 7.52. The Labute approximate surface area is 149 Å². The van der Waals surface area contributed by atoms with Gasteiger partial charge in [0.25, 0.3) is 0 Å². The molecule has 1 saturated carbocycles. The number of nitrogens with one attached hydrogen (secondary N) is 1. The van der Waals surface area contributed by atoms with Gasteiger partial charge in [-0.1, -0.05) is 7.43 Å². The molecule has 25 heavy (non-hydrogen) atoms. The molecule has 0 aromatic carbocycles. The van der Waals surface area contributed by atoms with Crippen LogP contribution in [0, 0.1) is 12.8 Å². The quantitative estimate of drug-likeness (QED) is 0.894. The van der Waals surface area contributed by atoms with Gasteiger partial charge in [-0.05, 0) is 57.1 Å². The van der Waals surface area contributed by atoms with Crippen LogP contribution in [0.5, 0.6) is 0 Å². The van der Waals surface area contributed by atoms with Crippen LogP contribution in [0.15, 0.2) is 12.1 Å². The lowest BCUT2D eigenvalue weighted by molar-refractivity contribution is -0.116. The fourth-order valence-electron chi connectivity index (χ4n) is 3.48. The van der Waals surface area contributed by atoms with E-state index in [-0.39, 0.29) is 13.3 Å². The number of imidazole rings is 1. The van der Waals surface area contributed by atoms with Crippen molar-refractivity contribution in [2.75, 3.05) is 18.5 Å². The lowest BCUT2D eigenvalue weighted by Crippen LogP contribution is -2.22. The molecule has 136 valence electrons. The summed E-state index contributed by atoms with van der Waals surface area (Å²) >= 11 is 0. The number of anilines is 1. The molecule has 0 bridgehead atoms. The molecule has 6 heteroatoms. The number of nitrogens with zero attached hydrogens (tertiary/aromatic N) is 3. The smallest absolute Gasteiger partial charge is 0.226 e. The number of amides is 1. The molecule has 0 radical (unpaired) electrons. The van der Waals surface area contributed by atoms with Crippen molar-refractivity contribution in [2.45, 2.75) is 58.9 Å². The van der Waals surface area contributed by atoms with Crippen LogP contribution in [0.2, 0.25) is 0 Å². The monoisotopic (exact) mass is 344 g/mol. The Hall–Kier alpha value is -1.95. The van der Waals surface area contributed by atoms with Crippen LogP contribution in [0.25, 0.3) is 11.2 Å². The SMILES string of the molecule is C.Cc1ccc2nc(NC(=O)CCC3CCOC3)n(C3CCC3)c2n1. The number of pyridine rings is 1. The maximum absolute atomic E-state index is 12.4. The molecular formula is C19H28N4O2. The first-order chi connectivity index (χ1) is 11.7. The third-order valence-electron chi connectivity index (χ3n) is 5.17. The van der Waals surface area contributed by atoms with Crippen LogP contribution in [-0.4, -0.2) is 33.7 Å². The minimum absolute atomic E-state index is 0. The van der Waals surface area contributed by atoms with E-state index in [1.807, 2.05) is 19.1 Å². The summed E-state index contributed by atoms with van der Waals surface area (Å²) in [6.07, 6.45) is 5.95. The molecule has 1 unspecified atom stereocenters. The first kappa shape index (κ1) is 17.9. The van der Waals surface area contributed by atoms with Gasteiger partial charge in [0.15, 0.2) is 5.65 Å². The van der Waals surface area contributed by atoms with E-state index in [1.54, 1.807) is 0 Å². The third kappa shape index (κ3) is 3.68. The number of aromatic nitrogens is 3. The molecule has 1 atom stereocenters. The summed E-state index contributed by atoms with van der Waals surface area (Å²) in [5.74, 6) is 1.21. The van der Waals surface area contributed by atoms with Crippen LogP contribution in [0.4, 0.5) is 5.95 Å². The summed E-state index contributed by atoms with van der Waals surface area (Å²) in [6, 6.07) is 4.35.